The molecular weight excluding hydrogens is 408 g/mol. The van der Waals surface area contributed by atoms with Crippen molar-refractivity contribution in [1.29, 1.82) is 0 Å². The van der Waals surface area contributed by atoms with E-state index in [1.807, 2.05) is 23.6 Å². The lowest BCUT2D eigenvalue weighted by atomic mass is 9.90. The van der Waals surface area contributed by atoms with Gasteiger partial charge in [-0.3, -0.25) is 14.7 Å². The lowest BCUT2D eigenvalue weighted by molar-refractivity contribution is 0.0872. The maximum atomic E-state index is 12.9. The minimum absolute atomic E-state index is 0.128. The van der Waals surface area contributed by atoms with Gasteiger partial charge in [0.1, 0.15) is 16.5 Å². The topological polar surface area (TPSA) is 67.3 Å². The minimum Gasteiger partial charge on any atom is -0.496 e. The maximum absolute atomic E-state index is 12.9. The smallest absolute Gasteiger partial charge is 0.270 e. The van der Waals surface area contributed by atoms with Crippen molar-refractivity contribution < 1.29 is 9.53 Å². The zero-order valence-corrected chi connectivity index (χ0v) is 18.8. The van der Waals surface area contributed by atoms with Crippen molar-refractivity contribution in [3.8, 4) is 5.75 Å². The quantitative estimate of drug-likeness (QED) is 0.600. The first-order valence-electron chi connectivity index (χ1n) is 10.6. The molecule has 1 N–H and O–H groups in total. The fourth-order valence-electron chi connectivity index (χ4n) is 4.26. The summed E-state index contributed by atoms with van der Waals surface area (Å²) in [6.07, 6.45) is 5.58. The van der Waals surface area contributed by atoms with Gasteiger partial charge in [-0.1, -0.05) is 23.8 Å². The predicted molar refractivity (Wildman–Crippen MR) is 122 cm³/mol. The average Bonchev–Trinajstić information content (AvgIpc) is 3.33. The van der Waals surface area contributed by atoms with Gasteiger partial charge in [0.2, 0.25) is 0 Å². The number of hydrogen-bond donors (Lipinski definition) is 1. The summed E-state index contributed by atoms with van der Waals surface area (Å²) in [5.41, 5.74) is 2.86. The lowest BCUT2D eigenvalue weighted by Crippen LogP contribution is -2.42. The number of methoxy groups -OCH3 is 1. The SMILES string of the molecule is COc1ccc(C)cc1CN1CCC[C@H]([C@H](NC(=O)c2ccccn2)c2nccs2)C1. The van der Waals surface area contributed by atoms with E-state index >= 15 is 0 Å². The molecule has 1 saturated heterocycles. The summed E-state index contributed by atoms with van der Waals surface area (Å²) in [5.74, 6) is 1.05. The number of ether oxygens (including phenoxy) is 1. The molecule has 0 unspecified atom stereocenters. The Labute approximate surface area is 187 Å². The molecule has 0 spiro atoms. The summed E-state index contributed by atoms with van der Waals surface area (Å²) < 4.78 is 5.58. The van der Waals surface area contributed by atoms with Gasteiger partial charge in [-0.2, -0.15) is 0 Å². The summed E-state index contributed by atoms with van der Waals surface area (Å²) >= 11 is 1.59. The summed E-state index contributed by atoms with van der Waals surface area (Å²) in [6, 6.07) is 11.6. The van der Waals surface area contributed by atoms with E-state index in [4.69, 9.17) is 4.74 Å². The molecule has 2 atom stereocenters. The maximum Gasteiger partial charge on any atom is 0.270 e. The Morgan fingerprint density at radius 2 is 2.19 bits per heavy atom. The molecule has 0 bridgehead atoms. The highest BCUT2D eigenvalue weighted by Crippen LogP contribution is 2.32. The number of piperidine rings is 1. The van der Waals surface area contributed by atoms with Crippen LogP contribution in [-0.2, 0) is 6.54 Å². The first-order chi connectivity index (χ1) is 15.1. The van der Waals surface area contributed by atoms with Gasteiger partial charge in [-0.05, 0) is 50.4 Å². The summed E-state index contributed by atoms with van der Waals surface area (Å²) in [6.45, 7) is 4.87. The van der Waals surface area contributed by atoms with Crippen LogP contribution < -0.4 is 10.1 Å². The number of aromatic nitrogens is 2. The molecule has 2 aromatic heterocycles. The number of carbonyl (C=O) groups excluding carboxylic acids is 1. The number of likely N-dealkylation sites (tertiary alicyclic amines) is 1. The van der Waals surface area contributed by atoms with Gasteiger partial charge >= 0.3 is 0 Å². The zero-order valence-electron chi connectivity index (χ0n) is 18.0. The van der Waals surface area contributed by atoms with E-state index in [0.717, 1.165) is 43.2 Å². The zero-order chi connectivity index (χ0) is 21.6. The van der Waals surface area contributed by atoms with Crippen molar-refractivity contribution in [3.63, 3.8) is 0 Å². The molecule has 3 aromatic rings. The van der Waals surface area contributed by atoms with Gasteiger partial charge in [0.15, 0.2) is 0 Å². The molecule has 1 aliphatic heterocycles. The second-order valence-corrected chi connectivity index (χ2v) is 8.92. The van der Waals surface area contributed by atoms with Crippen molar-refractivity contribution in [3.05, 3.63) is 76.0 Å². The average molecular weight is 437 g/mol. The number of nitrogens with one attached hydrogen (secondary N) is 1. The van der Waals surface area contributed by atoms with Gasteiger partial charge < -0.3 is 10.1 Å². The molecule has 0 aliphatic carbocycles. The van der Waals surface area contributed by atoms with E-state index in [0.29, 0.717) is 5.69 Å². The fraction of sp³-hybridized carbons (Fsp3) is 0.375. The first kappa shape index (κ1) is 21.5. The summed E-state index contributed by atoms with van der Waals surface area (Å²) in [5, 5.41) is 6.13. The molecular formula is C24H28N4O2S. The van der Waals surface area contributed by atoms with Crippen LogP contribution in [0.2, 0.25) is 0 Å². The number of amides is 1. The van der Waals surface area contributed by atoms with Crippen LogP contribution in [-0.4, -0.2) is 41.0 Å². The molecule has 162 valence electrons. The predicted octanol–water partition coefficient (Wildman–Crippen LogP) is 4.24. The highest BCUT2D eigenvalue weighted by molar-refractivity contribution is 7.09. The second kappa shape index (κ2) is 10.0. The van der Waals surface area contributed by atoms with E-state index in [1.54, 1.807) is 36.9 Å². The van der Waals surface area contributed by atoms with Crippen molar-refractivity contribution in [2.24, 2.45) is 5.92 Å². The van der Waals surface area contributed by atoms with E-state index < -0.39 is 0 Å². The number of benzene rings is 1. The van der Waals surface area contributed by atoms with Crippen LogP contribution >= 0.6 is 11.3 Å². The van der Waals surface area contributed by atoms with Crippen LogP contribution in [0.15, 0.2) is 54.2 Å². The van der Waals surface area contributed by atoms with Crippen molar-refractivity contribution in [2.75, 3.05) is 20.2 Å². The Hall–Kier alpha value is -2.77. The highest BCUT2D eigenvalue weighted by atomic mass is 32.1. The van der Waals surface area contributed by atoms with Gasteiger partial charge in [-0.25, -0.2) is 4.98 Å². The Bertz CT molecular complexity index is 994. The van der Waals surface area contributed by atoms with Gasteiger partial charge in [0, 0.05) is 36.4 Å². The van der Waals surface area contributed by atoms with Crippen molar-refractivity contribution in [2.45, 2.75) is 32.4 Å². The molecule has 0 saturated carbocycles. The van der Waals surface area contributed by atoms with Crippen molar-refractivity contribution >= 4 is 17.2 Å². The van der Waals surface area contributed by atoms with Crippen LogP contribution in [0, 0.1) is 12.8 Å². The van der Waals surface area contributed by atoms with Crippen LogP contribution in [0.25, 0.3) is 0 Å². The third kappa shape index (κ3) is 5.29. The van der Waals surface area contributed by atoms with Gasteiger partial charge in [-0.15, -0.1) is 11.3 Å². The third-order valence-corrected chi connectivity index (χ3v) is 6.60. The van der Waals surface area contributed by atoms with Crippen LogP contribution in [0.3, 0.4) is 0 Å². The monoisotopic (exact) mass is 436 g/mol. The second-order valence-electron chi connectivity index (χ2n) is 7.99. The van der Waals surface area contributed by atoms with E-state index in [-0.39, 0.29) is 17.9 Å². The number of hydrogen-bond acceptors (Lipinski definition) is 6. The first-order valence-corrected chi connectivity index (χ1v) is 11.5. The molecule has 1 amide bonds. The number of aryl methyl sites for hydroxylation is 1. The number of nitrogens with zero attached hydrogens (tertiary/aromatic N) is 3. The fourth-order valence-corrected chi connectivity index (χ4v) is 5.04. The van der Waals surface area contributed by atoms with Gasteiger partial charge in [0.25, 0.3) is 5.91 Å². The molecule has 0 radical (unpaired) electrons. The highest BCUT2D eigenvalue weighted by Gasteiger charge is 2.32. The molecule has 4 rings (SSSR count). The largest absolute Gasteiger partial charge is 0.496 e. The molecule has 6 nitrogen and oxygen atoms in total. The lowest BCUT2D eigenvalue weighted by Gasteiger charge is -2.36. The van der Waals surface area contributed by atoms with E-state index in [1.165, 1.54) is 11.1 Å². The van der Waals surface area contributed by atoms with Crippen LogP contribution in [0.4, 0.5) is 0 Å². The molecule has 1 aromatic carbocycles. The third-order valence-electron chi connectivity index (χ3n) is 5.74. The Balaban J connectivity index is 1.51. The van der Waals surface area contributed by atoms with Crippen LogP contribution in [0.1, 0.15) is 45.5 Å². The Morgan fingerprint density at radius 3 is 2.94 bits per heavy atom. The van der Waals surface area contributed by atoms with Crippen LogP contribution in [0.5, 0.6) is 5.75 Å². The van der Waals surface area contributed by atoms with Crippen molar-refractivity contribution in [1.82, 2.24) is 20.2 Å². The Kier molecular flexibility index (Phi) is 6.94. The number of rotatable bonds is 7. The van der Waals surface area contributed by atoms with Gasteiger partial charge in [0.05, 0.1) is 13.2 Å². The van der Waals surface area contributed by atoms with E-state index in [9.17, 15) is 4.79 Å². The number of carbonyl (C=O) groups is 1. The normalized spacial score (nSPS) is 17.8. The molecule has 31 heavy (non-hydrogen) atoms. The Morgan fingerprint density at radius 1 is 1.29 bits per heavy atom. The summed E-state index contributed by atoms with van der Waals surface area (Å²) in [4.78, 5) is 24.1. The molecule has 7 heteroatoms. The molecule has 1 fully saturated rings. The van der Waals surface area contributed by atoms with E-state index in [2.05, 4.69) is 39.2 Å². The number of pyridine rings is 1. The minimum atomic E-state index is -0.154. The molecule has 3 heterocycles. The molecule has 1 aliphatic rings. The number of thiazole rings is 1. The standard InChI is InChI=1S/C24H28N4O2S/c1-17-8-9-21(30-2)19(14-17)16-28-12-5-6-18(15-28)22(24-26-11-13-31-24)27-23(29)20-7-3-4-10-25-20/h3-4,7-11,13-14,18,22H,5-6,12,15-16H2,1-2H3,(H,27,29)/t18-,22-/m0/s1. The summed E-state index contributed by atoms with van der Waals surface area (Å²) in [7, 11) is 1.72.